The lowest BCUT2D eigenvalue weighted by Gasteiger charge is -2.19. The minimum Gasteiger partial charge on any atom is -0.505 e. The van der Waals surface area contributed by atoms with Gasteiger partial charge in [-0.3, -0.25) is 9.59 Å². The number of H-pyrrole nitrogens is 1. The number of aromatic amines is 1. The van der Waals surface area contributed by atoms with Gasteiger partial charge < -0.3 is 15.4 Å². The summed E-state index contributed by atoms with van der Waals surface area (Å²) in [5.41, 5.74) is 2.01. The number of benzene rings is 2. The number of para-hydroxylation sites is 1. The minimum atomic E-state index is -0.492. The molecule has 1 atom stereocenters. The number of hydrogen-bond donors (Lipinski definition) is 3. The zero-order chi connectivity index (χ0) is 21.1. The average molecular weight is 399 g/mol. The van der Waals surface area contributed by atoms with E-state index >= 15 is 0 Å². The molecule has 2 aromatic carbocycles. The Morgan fingerprint density at radius 1 is 1.07 bits per heavy atom. The lowest BCUT2D eigenvalue weighted by Crippen LogP contribution is -2.32. The van der Waals surface area contributed by atoms with E-state index in [1.165, 1.54) is 0 Å². The lowest BCUT2D eigenvalue weighted by atomic mass is 10.0. The topological polar surface area (TPSA) is 95.1 Å². The van der Waals surface area contributed by atoms with E-state index in [0.717, 1.165) is 0 Å². The second kappa shape index (κ2) is 8.21. The van der Waals surface area contributed by atoms with E-state index in [9.17, 15) is 14.7 Å². The van der Waals surface area contributed by atoms with Crippen LogP contribution in [0, 0.1) is 0 Å². The number of carbonyl (C=O) groups excluding carboxylic acids is 1. The van der Waals surface area contributed by atoms with Gasteiger partial charge in [0, 0.05) is 22.7 Å². The van der Waals surface area contributed by atoms with Crippen molar-refractivity contribution in [2.24, 2.45) is 0 Å². The number of amides is 1. The summed E-state index contributed by atoms with van der Waals surface area (Å²) in [5.74, 6) is -0.646. The molecule has 1 unspecified atom stereocenters. The molecule has 2 heterocycles. The molecule has 30 heavy (non-hydrogen) atoms. The number of nitrogens with one attached hydrogen (secondary N) is 2. The molecule has 0 saturated carbocycles. The Bertz CT molecular complexity index is 1270. The van der Waals surface area contributed by atoms with Crippen molar-refractivity contribution in [1.29, 1.82) is 0 Å². The third kappa shape index (κ3) is 3.55. The van der Waals surface area contributed by atoms with Gasteiger partial charge >= 0.3 is 0 Å². The molecule has 6 nitrogen and oxygen atoms in total. The number of hydrogen-bond acceptors (Lipinski definition) is 4. The van der Waals surface area contributed by atoms with Gasteiger partial charge in [-0.2, -0.15) is 0 Å². The molecule has 0 saturated heterocycles. The monoisotopic (exact) mass is 399 g/mol. The first-order chi connectivity index (χ1) is 14.6. The van der Waals surface area contributed by atoms with E-state index in [-0.39, 0.29) is 16.9 Å². The van der Waals surface area contributed by atoms with Gasteiger partial charge in [-0.05, 0) is 18.6 Å². The van der Waals surface area contributed by atoms with Crippen LogP contribution in [-0.4, -0.2) is 21.0 Å². The van der Waals surface area contributed by atoms with Crippen molar-refractivity contribution in [3.05, 3.63) is 94.4 Å². The summed E-state index contributed by atoms with van der Waals surface area (Å²) in [6.45, 7) is 1.89. The second-order valence-corrected chi connectivity index (χ2v) is 6.96. The fourth-order valence-electron chi connectivity index (χ4n) is 3.57. The standard InChI is InChI=1S/C24H21N3O3/c1-2-18(17-12-8-14-25-23(17)29)27-24(30)20-16-11-6-7-13-19(16)26-21(22(20)28)15-9-4-3-5-10-15/h3-14,18,28H,2H2,1H3,(H,25,29)(H,27,30). The van der Waals surface area contributed by atoms with Crippen LogP contribution in [0.25, 0.3) is 22.2 Å². The molecular weight excluding hydrogens is 378 g/mol. The molecule has 1 amide bonds. The zero-order valence-corrected chi connectivity index (χ0v) is 16.4. The maximum Gasteiger partial charge on any atom is 0.256 e. The maximum absolute atomic E-state index is 13.3. The predicted molar refractivity (Wildman–Crippen MR) is 116 cm³/mol. The van der Waals surface area contributed by atoms with E-state index in [2.05, 4.69) is 15.3 Å². The summed E-state index contributed by atoms with van der Waals surface area (Å²) in [6, 6.07) is 19.3. The van der Waals surface area contributed by atoms with Gasteiger partial charge in [0.15, 0.2) is 5.75 Å². The molecule has 0 fully saturated rings. The Morgan fingerprint density at radius 2 is 1.80 bits per heavy atom. The van der Waals surface area contributed by atoms with Gasteiger partial charge in [0.25, 0.3) is 11.5 Å². The highest BCUT2D eigenvalue weighted by Crippen LogP contribution is 2.35. The van der Waals surface area contributed by atoms with Crippen LogP contribution >= 0.6 is 0 Å². The van der Waals surface area contributed by atoms with E-state index in [1.54, 1.807) is 36.5 Å². The van der Waals surface area contributed by atoms with Gasteiger partial charge in [-0.15, -0.1) is 0 Å². The third-order valence-corrected chi connectivity index (χ3v) is 5.08. The lowest BCUT2D eigenvalue weighted by molar-refractivity contribution is 0.0934. The van der Waals surface area contributed by atoms with Gasteiger partial charge in [0.05, 0.1) is 17.1 Å². The van der Waals surface area contributed by atoms with E-state index in [1.807, 2.05) is 43.3 Å². The van der Waals surface area contributed by atoms with Crippen molar-refractivity contribution in [3.8, 4) is 17.0 Å². The van der Waals surface area contributed by atoms with Crippen molar-refractivity contribution in [1.82, 2.24) is 15.3 Å². The quantitative estimate of drug-likeness (QED) is 0.469. The summed E-state index contributed by atoms with van der Waals surface area (Å²) in [5, 5.41) is 14.5. The normalized spacial score (nSPS) is 11.9. The molecule has 0 aliphatic heterocycles. The summed E-state index contributed by atoms with van der Waals surface area (Å²) in [6.07, 6.45) is 2.07. The minimum absolute atomic E-state index is 0.144. The molecule has 0 spiro atoms. The zero-order valence-electron chi connectivity index (χ0n) is 16.4. The van der Waals surface area contributed by atoms with E-state index < -0.39 is 11.9 Å². The molecule has 150 valence electrons. The molecular formula is C24H21N3O3. The Morgan fingerprint density at radius 3 is 2.53 bits per heavy atom. The first-order valence-electron chi connectivity index (χ1n) is 9.75. The molecule has 0 radical (unpaired) electrons. The Kier molecular flexibility index (Phi) is 5.30. The average Bonchev–Trinajstić information content (AvgIpc) is 2.78. The maximum atomic E-state index is 13.3. The number of aromatic hydroxyl groups is 1. The number of nitrogens with zero attached hydrogens (tertiary/aromatic N) is 1. The van der Waals surface area contributed by atoms with Gasteiger partial charge in [-0.1, -0.05) is 61.5 Å². The number of fused-ring (bicyclic) bond motifs is 1. The molecule has 2 aromatic heterocycles. The van der Waals surface area contributed by atoms with Gasteiger partial charge in [0.2, 0.25) is 0 Å². The van der Waals surface area contributed by atoms with E-state index in [0.29, 0.717) is 34.1 Å². The van der Waals surface area contributed by atoms with Crippen LogP contribution < -0.4 is 10.9 Å². The highest BCUT2D eigenvalue weighted by molar-refractivity contribution is 6.10. The van der Waals surface area contributed by atoms with Crippen LogP contribution in [0.4, 0.5) is 0 Å². The van der Waals surface area contributed by atoms with Crippen LogP contribution in [0.5, 0.6) is 5.75 Å². The van der Waals surface area contributed by atoms with Crippen LogP contribution in [-0.2, 0) is 0 Å². The molecule has 0 aliphatic carbocycles. The van der Waals surface area contributed by atoms with E-state index in [4.69, 9.17) is 0 Å². The van der Waals surface area contributed by atoms with Gasteiger partial charge in [-0.25, -0.2) is 4.98 Å². The SMILES string of the molecule is CCC(NC(=O)c1c(O)c(-c2ccccc2)nc2ccccc12)c1ccc[nH]c1=O. The fraction of sp³-hybridized carbons (Fsp3) is 0.125. The first-order valence-corrected chi connectivity index (χ1v) is 9.75. The number of carbonyl (C=O) groups is 1. The largest absolute Gasteiger partial charge is 0.505 e. The Balaban J connectivity index is 1.83. The summed E-state index contributed by atoms with van der Waals surface area (Å²) < 4.78 is 0. The predicted octanol–water partition coefficient (Wildman–Crippen LogP) is 4.18. The van der Waals surface area contributed by atoms with Crippen LogP contribution in [0.1, 0.15) is 35.3 Å². The first kappa shape index (κ1) is 19.4. The number of pyridine rings is 2. The van der Waals surface area contributed by atoms with Crippen molar-refractivity contribution in [2.45, 2.75) is 19.4 Å². The van der Waals surface area contributed by atoms with Crippen LogP contribution in [0.3, 0.4) is 0 Å². The van der Waals surface area contributed by atoms with Gasteiger partial charge in [0.1, 0.15) is 5.69 Å². The second-order valence-electron chi connectivity index (χ2n) is 6.96. The van der Waals surface area contributed by atoms with Crippen molar-refractivity contribution in [2.75, 3.05) is 0 Å². The molecule has 0 bridgehead atoms. The molecule has 4 aromatic rings. The van der Waals surface area contributed by atoms with Crippen LogP contribution in [0.2, 0.25) is 0 Å². The Hall–Kier alpha value is -3.93. The molecule has 6 heteroatoms. The molecule has 3 N–H and O–H groups in total. The molecule has 0 aliphatic rings. The number of rotatable bonds is 5. The van der Waals surface area contributed by atoms with Crippen molar-refractivity contribution >= 4 is 16.8 Å². The summed E-state index contributed by atoms with van der Waals surface area (Å²) in [4.78, 5) is 32.7. The summed E-state index contributed by atoms with van der Waals surface area (Å²) >= 11 is 0. The highest BCUT2D eigenvalue weighted by atomic mass is 16.3. The van der Waals surface area contributed by atoms with Crippen molar-refractivity contribution in [3.63, 3.8) is 0 Å². The smallest absolute Gasteiger partial charge is 0.256 e. The number of aromatic nitrogens is 2. The summed E-state index contributed by atoms with van der Waals surface area (Å²) in [7, 11) is 0. The third-order valence-electron chi connectivity index (χ3n) is 5.08. The van der Waals surface area contributed by atoms with Crippen molar-refractivity contribution < 1.29 is 9.90 Å². The Labute approximate surface area is 173 Å². The van der Waals surface area contributed by atoms with Crippen LogP contribution in [0.15, 0.2) is 77.7 Å². The fourth-order valence-corrected chi connectivity index (χ4v) is 3.57. The molecule has 4 rings (SSSR count). The highest BCUT2D eigenvalue weighted by Gasteiger charge is 2.24.